The summed E-state index contributed by atoms with van der Waals surface area (Å²) in [7, 11) is 0. The molecule has 0 saturated carbocycles. The summed E-state index contributed by atoms with van der Waals surface area (Å²) in [6.07, 6.45) is 1.80. The van der Waals surface area contributed by atoms with Crippen LogP contribution in [0.5, 0.6) is 0 Å². The molecule has 10 heteroatoms. The fourth-order valence-electron chi connectivity index (χ4n) is 2.84. The number of halogens is 3. The van der Waals surface area contributed by atoms with E-state index >= 15 is 0 Å². The molecule has 1 aliphatic heterocycles. The molecule has 0 radical (unpaired) electrons. The summed E-state index contributed by atoms with van der Waals surface area (Å²) in [4.78, 5) is 24.3. The highest BCUT2D eigenvalue weighted by atomic mass is 35.5. The van der Waals surface area contributed by atoms with Gasteiger partial charge in [-0.05, 0) is 43.1 Å². The van der Waals surface area contributed by atoms with Gasteiger partial charge in [-0.2, -0.15) is 0 Å². The Labute approximate surface area is 164 Å². The number of urea groups is 1. The molecule has 5 N–H and O–H groups in total. The maximum atomic E-state index is 13.5. The van der Waals surface area contributed by atoms with Gasteiger partial charge >= 0.3 is 6.03 Å². The minimum absolute atomic E-state index is 0. The molecule has 1 aliphatic rings. The van der Waals surface area contributed by atoms with E-state index in [0.717, 1.165) is 48.9 Å². The SMILES string of the molecule is Cl.NC(=O)Nc1sc(-c2cc(F)cc(F)c2)cc1C(=O)N[C@H]1CCCNC1. The van der Waals surface area contributed by atoms with Gasteiger partial charge in [0.15, 0.2) is 0 Å². The second-order valence-corrected chi connectivity index (χ2v) is 7.07. The lowest BCUT2D eigenvalue weighted by molar-refractivity contribution is 0.0932. The van der Waals surface area contributed by atoms with Crippen molar-refractivity contribution in [3.63, 3.8) is 0 Å². The highest BCUT2D eigenvalue weighted by Gasteiger charge is 2.22. The van der Waals surface area contributed by atoms with Gasteiger partial charge in [0, 0.05) is 23.5 Å². The van der Waals surface area contributed by atoms with Crippen LogP contribution >= 0.6 is 23.7 Å². The lowest BCUT2D eigenvalue weighted by atomic mass is 10.1. The van der Waals surface area contributed by atoms with Crippen molar-refractivity contribution in [3.05, 3.63) is 41.5 Å². The van der Waals surface area contributed by atoms with Crippen LogP contribution in [0.4, 0.5) is 18.6 Å². The molecule has 1 aromatic heterocycles. The molecule has 1 aromatic carbocycles. The highest BCUT2D eigenvalue weighted by Crippen LogP contribution is 2.36. The van der Waals surface area contributed by atoms with E-state index in [-0.39, 0.29) is 40.5 Å². The molecule has 146 valence electrons. The van der Waals surface area contributed by atoms with Gasteiger partial charge in [0.05, 0.1) is 5.56 Å². The number of hydrogen-bond donors (Lipinski definition) is 4. The summed E-state index contributed by atoms with van der Waals surface area (Å²) in [5.41, 5.74) is 5.65. The number of anilines is 1. The van der Waals surface area contributed by atoms with E-state index in [4.69, 9.17) is 5.73 Å². The third-order valence-electron chi connectivity index (χ3n) is 3.99. The Morgan fingerprint density at radius 2 is 1.89 bits per heavy atom. The molecule has 6 nitrogen and oxygen atoms in total. The number of rotatable bonds is 4. The molecule has 3 amide bonds. The maximum absolute atomic E-state index is 13.5. The van der Waals surface area contributed by atoms with Crippen LogP contribution in [-0.2, 0) is 0 Å². The van der Waals surface area contributed by atoms with Crippen molar-refractivity contribution >= 4 is 40.7 Å². The van der Waals surface area contributed by atoms with Gasteiger partial charge in [-0.3, -0.25) is 10.1 Å². The first-order valence-corrected chi connectivity index (χ1v) is 8.92. The number of benzene rings is 1. The van der Waals surface area contributed by atoms with E-state index in [2.05, 4.69) is 16.0 Å². The second-order valence-electron chi connectivity index (χ2n) is 6.02. The number of nitrogens with one attached hydrogen (secondary N) is 3. The lowest BCUT2D eigenvalue weighted by Crippen LogP contribution is -2.45. The Kier molecular flexibility index (Phi) is 7.11. The van der Waals surface area contributed by atoms with Crippen molar-refractivity contribution in [2.45, 2.75) is 18.9 Å². The monoisotopic (exact) mass is 416 g/mol. The fourth-order valence-corrected chi connectivity index (χ4v) is 3.89. The predicted octanol–water partition coefficient (Wildman–Crippen LogP) is 3.09. The van der Waals surface area contributed by atoms with Gasteiger partial charge < -0.3 is 16.4 Å². The van der Waals surface area contributed by atoms with Crippen LogP contribution in [0.15, 0.2) is 24.3 Å². The van der Waals surface area contributed by atoms with E-state index in [0.29, 0.717) is 11.4 Å². The Morgan fingerprint density at radius 1 is 1.19 bits per heavy atom. The van der Waals surface area contributed by atoms with Gasteiger partial charge in [-0.15, -0.1) is 23.7 Å². The maximum Gasteiger partial charge on any atom is 0.317 e. The van der Waals surface area contributed by atoms with Gasteiger partial charge in [0.25, 0.3) is 5.91 Å². The van der Waals surface area contributed by atoms with Gasteiger partial charge in [0.2, 0.25) is 0 Å². The molecule has 2 heterocycles. The van der Waals surface area contributed by atoms with Crippen LogP contribution in [-0.4, -0.2) is 31.1 Å². The van der Waals surface area contributed by atoms with Gasteiger partial charge in [-0.1, -0.05) is 0 Å². The largest absolute Gasteiger partial charge is 0.351 e. The van der Waals surface area contributed by atoms with Crippen LogP contribution in [0.25, 0.3) is 10.4 Å². The van der Waals surface area contributed by atoms with Crippen molar-refractivity contribution in [1.29, 1.82) is 0 Å². The molecule has 0 spiro atoms. The van der Waals surface area contributed by atoms with E-state index in [1.165, 1.54) is 6.07 Å². The molecule has 1 fully saturated rings. The van der Waals surface area contributed by atoms with Crippen molar-refractivity contribution in [1.82, 2.24) is 10.6 Å². The minimum Gasteiger partial charge on any atom is -0.351 e. The van der Waals surface area contributed by atoms with E-state index in [1.54, 1.807) is 0 Å². The lowest BCUT2D eigenvalue weighted by Gasteiger charge is -2.23. The van der Waals surface area contributed by atoms with Crippen molar-refractivity contribution in [2.24, 2.45) is 5.73 Å². The normalized spacial score (nSPS) is 16.3. The summed E-state index contributed by atoms with van der Waals surface area (Å²) < 4.78 is 27.0. The van der Waals surface area contributed by atoms with Crippen LogP contribution < -0.4 is 21.7 Å². The number of primary amides is 1. The summed E-state index contributed by atoms with van der Waals surface area (Å²) in [6.45, 7) is 1.57. The molecule has 2 aromatic rings. The van der Waals surface area contributed by atoms with E-state index in [1.807, 2.05) is 0 Å². The number of carbonyl (C=O) groups excluding carboxylic acids is 2. The molecule has 1 atom stereocenters. The number of thiophene rings is 1. The summed E-state index contributed by atoms with van der Waals surface area (Å²) in [6, 6.07) is 3.75. The molecular formula is C17H19ClF2N4O2S. The van der Waals surface area contributed by atoms with Crippen LogP contribution in [0, 0.1) is 11.6 Å². The molecule has 3 rings (SSSR count). The third-order valence-corrected chi connectivity index (χ3v) is 5.09. The molecule has 0 unspecified atom stereocenters. The average molecular weight is 417 g/mol. The first-order chi connectivity index (χ1) is 12.4. The first kappa shape index (κ1) is 21.1. The molecule has 0 bridgehead atoms. The van der Waals surface area contributed by atoms with Crippen LogP contribution in [0.2, 0.25) is 0 Å². The smallest absolute Gasteiger partial charge is 0.317 e. The quantitative estimate of drug-likeness (QED) is 0.616. The Balaban J connectivity index is 0.00000261. The molecule has 0 aliphatic carbocycles. The highest BCUT2D eigenvalue weighted by molar-refractivity contribution is 7.20. The second kappa shape index (κ2) is 9.12. The van der Waals surface area contributed by atoms with Crippen molar-refractivity contribution < 1.29 is 18.4 Å². The van der Waals surface area contributed by atoms with Gasteiger partial charge in [-0.25, -0.2) is 13.6 Å². The Hall–Kier alpha value is -2.23. The van der Waals surface area contributed by atoms with E-state index in [9.17, 15) is 18.4 Å². The zero-order valence-corrected chi connectivity index (χ0v) is 15.8. The Morgan fingerprint density at radius 3 is 2.48 bits per heavy atom. The number of hydrogen-bond acceptors (Lipinski definition) is 4. The Bertz CT molecular complexity index is 820. The van der Waals surface area contributed by atoms with Gasteiger partial charge in [0.1, 0.15) is 16.6 Å². The zero-order valence-electron chi connectivity index (χ0n) is 14.2. The summed E-state index contributed by atoms with van der Waals surface area (Å²) in [5, 5.41) is 8.74. The number of nitrogens with two attached hydrogens (primary N) is 1. The topological polar surface area (TPSA) is 96.2 Å². The van der Waals surface area contributed by atoms with Crippen molar-refractivity contribution in [2.75, 3.05) is 18.4 Å². The number of carbonyl (C=O) groups is 2. The average Bonchev–Trinajstić information content (AvgIpc) is 2.98. The predicted molar refractivity (Wildman–Crippen MR) is 103 cm³/mol. The molecule has 1 saturated heterocycles. The summed E-state index contributed by atoms with van der Waals surface area (Å²) >= 11 is 1.03. The molecular weight excluding hydrogens is 398 g/mol. The number of amides is 3. The third kappa shape index (κ3) is 5.38. The zero-order chi connectivity index (χ0) is 18.7. The minimum atomic E-state index is -0.822. The van der Waals surface area contributed by atoms with E-state index < -0.39 is 17.7 Å². The fraction of sp³-hybridized carbons (Fsp3) is 0.294. The van der Waals surface area contributed by atoms with Crippen LogP contribution in [0.3, 0.4) is 0 Å². The van der Waals surface area contributed by atoms with Crippen LogP contribution in [0.1, 0.15) is 23.2 Å². The first-order valence-electron chi connectivity index (χ1n) is 8.10. The standard InChI is InChI=1S/C17H18F2N4O2S.ClH/c18-10-4-9(5-11(19)6-10)14-7-13(16(26-14)23-17(20)25)15(24)22-12-2-1-3-21-8-12;/h4-7,12,21H,1-3,8H2,(H,22,24)(H3,20,23,25);1H/t12-;/m0./s1. The molecule has 27 heavy (non-hydrogen) atoms. The summed E-state index contributed by atoms with van der Waals surface area (Å²) in [5.74, 6) is -1.82. The number of piperidine rings is 1. The van der Waals surface area contributed by atoms with Crippen molar-refractivity contribution in [3.8, 4) is 10.4 Å².